The predicted octanol–water partition coefficient (Wildman–Crippen LogP) is 3.26. The lowest BCUT2D eigenvalue weighted by molar-refractivity contribution is -0.115. The second-order valence-corrected chi connectivity index (χ2v) is 7.20. The quantitative estimate of drug-likeness (QED) is 0.614. The molecule has 6 heteroatoms. The Labute approximate surface area is 164 Å². The Hall–Kier alpha value is -3.59. The van der Waals surface area contributed by atoms with Crippen LogP contribution in [0, 0.1) is 11.3 Å². The van der Waals surface area contributed by atoms with Crippen LogP contribution >= 0.6 is 0 Å². The van der Waals surface area contributed by atoms with Gasteiger partial charge in [-0.25, -0.2) is 4.99 Å². The first-order chi connectivity index (χ1) is 13.5. The van der Waals surface area contributed by atoms with Crippen molar-refractivity contribution in [3.63, 3.8) is 0 Å². The van der Waals surface area contributed by atoms with Crippen LogP contribution in [0.5, 0.6) is 0 Å². The molecule has 0 radical (unpaired) electrons. The fraction of sp³-hybridized carbons (Fsp3) is 0.227. The van der Waals surface area contributed by atoms with Crippen molar-refractivity contribution in [1.29, 1.82) is 5.26 Å². The normalized spacial score (nSPS) is 20.6. The molecule has 0 aromatic heterocycles. The lowest BCUT2D eigenvalue weighted by atomic mass is 9.93. The average molecular weight is 371 g/mol. The lowest BCUT2D eigenvalue weighted by Gasteiger charge is -2.37. The Morgan fingerprint density at radius 3 is 2.54 bits per heavy atom. The van der Waals surface area contributed by atoms with E-state index in [0.29, 0.717) is 0 Å². The first-order valence-electron chi connectivity index (χ1n) is 9.09. The monoisotopic (exact) mass is 371 g/mol. The number of benzene rings is 2. The van der Waals surface area contributed by atoms with Gasteiger partial charge in [0.25, 0.3) is 5.91 Å². The highest BCUT2D eigenvalue weighted by Gasteiger charge is 2.45. The van der Waals surface area contributed by atoms with Crippen molar-refractivity contribution in [3.05, 3.63) is 65.7 Å². The molecule has 28 heavy (non-hydrogen) atoms. The molecular formula is C22H21N5O. The topological polar surface area (TPSA) is 62.9 Å². The Bertz CT molecular complexity index is 1020. The van der Waals surface area contributed by atoms with Gasteiger partial charge in [0.2, 0.25) is 0 Å². The highest BCUT2D eigenvalue weighted by atomic mass is 16.2. The van der Waals surface area contributed by atoms with Crippen LogP contribution < -0.4 is 9.80 Å². The van der Waals surface area contributed by atoms with E-state index in [-0.39, 0.29) is 23.6 Å². The third-order valence-electron chi connectivity index (χ3n) is 5.16. The van der Waals surface area contributed by atoms with Crippen LogP contribution in [0.1, 0.15) is 11.6 Å². The Morgan fingerprint density at radius 1 is 1.14 bits per heavy atom. The van der Waals surface area contributed by atoms with Crippen molar-refractivity contribution in [2.75, 3.05) is 30.9 Å². The third kappa shape index (κ3) is 2.81. The predicted molar refractivity (Wildman–Crippen MR) is 111 cm³/mol. The van der Waals surface area contributed by atoms with Gasteiger partial charge >= 0.3 is 0 Å². The van der Waals surface area contributed by atoms with E-state index in [2.05, 4.69) is 28.1 Å². The molecule has 140 valence electrons. The number of aliphatic imine (C=N–C) groups is 1. The minimum Gasteiger partial charge on any atom is -0.369 e. The fourth-order valence-corrected chi connectivity index (χ4v) is 3.85. The molecule has 2 aliphatic heterocycles. The molecule has 2 atom stereocenters. The number of likely N-dealkylation sites (N-methyl/N-ethyl adjacent to an activating group) is 1. The lowest BCUT2D eigenvalue weighted by Crippen LogP contribution is -2.46. The summed E-state index contributed by atoms with van der Waals surface area (Å²) in [5, 5.41) is 9.51. The molecule has 2 aromatic carbocycles. The summed E-state index contributed by atoms with van der Waals surface area (Å²) < 4.78 is 0. The number of nitriles is 1. The molecule has 2 aromatic rings. The molecule has 0 fully saturated rings. The first-order valence-corrected chi connectivity index (χ1v) is 9.09. The summed E-state index contributed by atoms with van der Waals surface area (Å²) in [6.45, 7) is 0. The molecule has 2 aliphatic rings. The van der Waals surface area contributed by atoms with E-state index in [4.69, 9.17) is 0 Å². The van der Waals surface area contributed by atoms with E-state index >= 15 is 0 Å². The van der Waals surface area contributed by atoms with Gasteiger partial charge in [0.1, 0.15) is 11.6 Å². The van der Waals surface area contributed by atoms with Crippen molar-refractivity contribution >= 4 is 29.3 Å². The summed E-state index contributed by atoms with van der Waals surface area (Å²) >= 11 is 0. The zero-order valence-electron chi connectivity index (χ0n) is 16.1. The molecule has 2 heterocycles. The van der Waals surface area contributed by atoms with Crippen LogP contribution in [-0.4, -0.2) is 44.3 Å². The Balaban J connectivity index is 1.78. The maximum absolute atomic E-state index is 13.1. The standard InChI is InChI=1S/C22H21N5O/c1-25(2)14-24-16-8-10-17(11-9-16)27-21-18-6-4-5-7-19(18)26(3)20(21)12-15(13-23)22(27)28/h4-12,14,20-21H,1-3H3. The number of nitrogens with zero attached hydrogens (tertiary/aromatic N) is 5. The molecule has 6 nitrogen and oxygen atoms in total. The molecule has 0 spiro atoms. The summed E-state index contributed by atoms with van der Waals surface area (Å²) in [4.78, 5) is 23.2. The molecular weight excluding hydrogens is 350 g/mol. The van der Waals surface area contributed by atoms with Gasteiger partial charge in [0, 0.05) is 38.1 Å². The van der Waals surface area contributed by atoms with E-state index in [1.54, 1.807) is 17.3 Å². The second kappa shape index (κ2) is 6.86. The molecule has 1 amide bonds. The van der Waals surface area contributed by atoms with Gasteiger partial charge < -0.3 is 9.80 Å². The Morgan fingerprint density at radius 2 is 1.86 bits per heavy atom. The van der Waals surface area contributed by atoms with Gasteiger partial charge in [-0.05, 0) is 36.4 Å². The van der Waals surface area contributed by atoms with E-state index < -0.39 is 0 Å². The first kappa shape index (κ1) is 17.8. The summed E-state index contributed by atoms with van der Waals surface area (Å²) in [5.74, 6) is -0.265. The SMILES string of the molecule is CN(C)C=Nc1ccc(N2C(=O)C(C#N)=CC3C2c2ccccc2N3C)cc1. The number of carbonyl (C=O) groups is 1. The Kier molecular flexibility index (Phi) is 4.36. The van der Waals surface area contributed by atoms with Crippen molar-refractivity contribution < 1.29 is 4.79 Å². The third-order valence-corrected chi connectivity index (χ3v) is 5.16. The molecule has 0 saturated heterocycles. The minimum absolute atomic E-state index is 0.0730. The zero-order chi connectivity index (χ0) is 19.8. The molecule has 0 saturated carbocycles. The molecule has 0 bridgehead atoms. The number of amides is 1. The highest BCUT2D eigenvalue weighted by molar-refractivity contribution is 6.10. The van der Waals surface area contributed by atoms with Crippen LogP contribution in [0.3, 0.4) is 0 Å². The van der Waals surface area contributed by atoms with Crippen LogP contribution in [0.15, 0.2) is 65.2 Å². The number of carbonyl (C=O) groups excluding carboxylic acids is 1. The molecule has 2 unspecified atom stereocenters. The van der Waals surface area contributed by atoms with Gasteiger partial charge in [0.15, 0.2) is 0 Å². The molecule has 4 rings (SSSR count). The number of rotatable bonds is 3. The van der Waals surface area contributed by atoms with Gasteiger partial charge in [0.05, 0.1) is 24.1 Å². The van der Waals surface area contributed by atoms with E-state index in [9.17, 15) is 10.1 Å². The highest BCUT2D eigenvalue weighted by Crippen LogP contribution is 2.46. The zero-order valence-corrected chi connectivity index (χ0v) is 16.1. The van der Waals surface area contributed by atoms with Gasteiger partial charge in [-0.1, -0.05) is 18.2 Å². The summed E-state index contributed by atoms with van der Waals surface area (Å²) in [5.41, 5.74) is 3.91. The van der Waals surface area contributed by atoms with Crippen molar-refractivity contribution in [3.8, 4) is 6.07 Å². The largest absolute Gasteiger partial charge is 0.369 e. The number of hydrogen-bond donors (Lipinski definition) is 0. The van der Waals surface area contributed by atoms with Crippen LogP contribution in [0.2, 0.25) is 0 Å². The number of fused-ring (bicyclic) bond motifs is 3. The van der Waals surface area contributed by atoms with E-state index in [0.717, 1.165) is 22.6 Å². The van der Waals surface area contributed by atoms with E-state index in [1.807, 2.05) is 62.4 Å². The summed E-state index contributed by atoms with van der Waals surface area (Å²) in [6.07, 6.45) is 3.52. The molecule has 0 N–H and O–H groups in total. The molecule has 0 aliphatic carbocycles. The second-order valence-electron chi connectivity index (χ2n) is 7.20. The number of anilines is 2. The summed E-state index contributed by atoms with van der Waals surface area (Å²) in [6, 6.07) is 17.5. The van der Waals surface area contributed by atoms with Gasteiger partial charge in [-0.3, -0.25) is 9.69 Å². The van der Waals surface area contributed by atoms with Crippen LogP contribution in [0.25, 0.3) is 0 Å². The number of para-hydroxylation sites is 1. The van der Waals surface area contributed by atoms with Crippen LogP contribution in [0.4, 0.5) is 17.1 Å². The average Bonchev–Trinajstić information content (AvgIpc) is 2.99. The summed E-state index contributed by atoms with van der Waals surface area (Å²) in [7, 11) is 5.82. The van der Waals surface area contributed by atoms with E-state index in [1.165, 1.54) is 0 Å². The van der Waals surface area contributed by atoms with Gasteiger partial charge in [-0.2, -0.15) is 5.26 Å². The van der Waals surface area contributed by atoms with Gasteiger partial charge in [-0.15, -0.1) is 0 Å². The fourth-order valence-electron chi connectivity index (χ4n) is 3.85. The smallest absolute Gasteiger partial charge is 0.269 e. The minimum atomic E-state index is -0.265. The maximum Gasteiger partial charge on any atom is 0.269 e. The van der Waals surface area contributed by atoms with Crippen molar-refractivity contribution in [2.24, 2.45) is 4.99 Å². The maximum atomic E-state index is 13.1. The van der Waals surface area contributed by atoms with Crippen LogP contribution in [-0.2, 0) is 4.79 Å². The number of hydrogen-bond acceptors (Lipinski definition) is 4. The van der Waals surface area contributed by atoms with Crippen molar-refractivity contribution in [1.82, 2.24) is 4.90 Å². The van der Waals surface area contributed by atoms with Crippen molar-refractivity contribution in [2.45, 2.75) is 12.1 Å².